The second-order valence-corrected chi connectivity index (χ2v) is 5.01. The Bertz CT molecular complexity index is 228. The highest BCUT2D eigenvalue weighted by Gasteiger charge is 2.41. The molecule has 1 aliphatic heterocycles. The largest absolute Gasteiger partial charge is 0.378 e. The van der Waals surface area contributed by atoms with E-state index in [4.69, 9.17) is 19.9 Å². The first-order chi connectivity index (χ1) is 8.62. The van der Waals surface area contributed by atoms with Crippen LogP contribution in [0.5, 0.6) is 0 Å². The zero-order valence-corrected chi connectivity index (χ0v) is 12.1. The van der Waals surface area contributed by atoms with Crippen LogP contribution in [0.4, 0.5) is 0 Å². The number of methoxy groups -OCH3 is 2. The van der Waals surface area contributed by atoms with Crippen LogP contribution in [0.25, 0.3) is 0 Å². The van der Waals surface area contributed by atoms with Gasteiger partial charge in [-0.05, 0) is 26.7 Å². The molecule has 0 aromatic rings. The first kappa shape index (κ1) is 15.9. The van der Waals surface area contributed by atoms with E-state index in [-0.39, 0.29) is 11.8 Å². The molecule has 0 aromatic heterocycles. The number of likely N-dealkylation sites (tertiary alicyclic amines) is 1. The van der Waals surface area contributed by atoms with Crippen molar-refractivity contribution in [3.63, 3.8) is 0 Å². The molecule has 0 bridgehead atoms. The lowest BCUT2D eigenvalue weighted by molar-refractivity contribution is -0.187. The molecule has 1 unspecified atom stereocenters. The van der Waals surface area contributed by atoms with Crippen LogP contribution >= 0.6 is 0 Å². The quantitative estimate of drug-likeness (QED) is 0.687. The summed E-state index contributed by atoms with van der Waals surface area (Å²) in [6.45, 7) is 7.40. The Balaban J connectivity index is 2.62. The Morgan fingerprint density at radius 2 is 1.83 bits per heavy atom. The van der Waals surface area contributed by atoms with E-state index in [9.17, 15) is 0 Å². The zero-order valence-electron chi connectivity index (χ0n) is 12.1. The Morgan fingerprint density at radius 3 is 2.22 bits per heavy atom. The molecule has 0 amide bonds. The summed E-state index contributed by atoms with van der Waals surface area (Å²) < 4.78 is 16.5. The van der Waals surface area contributed by atoms with Crippen molar-refractivity contribution in [2.45, 2.75) is 44.6 Å². The van der Waals surface area contributed by atoms with Gasteiger partial charge in [0.2, 0.25) is 0 Å². The first-order valence-corrected chi connectivity index (χ1v) is 6.74. The van der Waals surface area contributed by atoms with Crippen molar-refractivity contribution in [2.24, 2.45) is 5.73 Å². The summed E-state index contributed by atoms with van der Waals surface area (Å²) in [6, 6.07) is 0. The zero-order chi connectivity index (χ0) is 13.6. The van der Waals surface area contributed by atoms with Crippen molar-refractivity contribution in [3.05, 3.63) is 0 Å². The van der Waals surface area contributed by atoms with Crippen LogP contribution < -0.4 is 5.73 Å². The van der Waals surface area contributed by atoms with Gasteiger partial charge in [0, 0.05) is 40.5 Å². The van der Waals surface area contributed by atoms with E-state index in [0.717, 1.165) is 32.5 Å². The van der Waals surface area contributed by atoms with Crippen LogP contribution in [0.2, 0.25) is 0 Å². The monoisotopic (exact) mass is 260 g/mol. The van der Waals surface area contributed by atoms with Crippen LogP contribution in [0.15, 0.2) is 0 Å². The van der Waals surface area contributed by atoms with Gasteiger partial charge in [0.15, 0.2) is 6.29 Å². The van der Waals surface area contributed by atoms with Gasteiger partial charge in [0.25, 0.3) is 0 Å². The molecule has 1 saturated heterocycles. The van der Waals surface area contributed by atoms with Crippen molar-refractivity contribution in [1.82, 2.24) is 4.90 Å². The summed E-state index contributed by atoms with van der Waals surface area (Å²) in [7, 11) is 3.32. The molecule has 2 N–H and O–H groups in total. The first-order valence-electron chi connectivity index (χ1n) is 6.74. The highest BCUT2D eigenvalue weighted by Crippen LogP contribution is 2.26. The van der Waals surface area contributed by atoms with Crippen molar-refractivity contribution in [2.75, 3.05) is 40.5 Å². The number of rotatable bonds is 7. The lowest BCUT2D eigenvalue weighted by Gasteiger charge is -2.47. The number of nitrogens with two attached hydrogens (primary N) is 1. The van der Waals surface area contributed by atoms with Gasteiger partial charge in [-0.2, -0.15) is 0 Å². The summed E-state index contributed by atoms with van der Waals surface area (Å²) in [5.41, 5.74) is 5.67. The van der Waals surface area contributed by atoms with E-state index >= 15 is 0 Å². The van der Waals surface area contributed by atoms with Gasteiger partial charge in [-0.1, -0.05) is 0 Å². The fourth-order valence-corrected chi connectivity index (χ4v) is 2.75. The average Bonchev–Trinajstić information content (AvgIpc) is 2.41. The lowest BCUT2D eigenvalue weighted by Crippen LogP contribution is -2.62. The maximum Gasteiger partial charge on any atom is 0.176 e. The van der Waals surface area contributed by atoms with Gasteiger partial charge in [0.1, 0.15) is 0 Å². The molecule has 18 heavy (non-hydrogen) atoms. The van der Waals surface area contributed by atoms with Crippen LogP contribution in [0.3, 0.4) is 0 Å². The second kappa shape index (κ2) is 7.40. The Hall–Kier alpha value is -0.200. The van der Waals surface area contributed by atoms with Crippen molar-refractivity contribution >= 4 is 0 Å². The van der Waals surface area contributed by atoms with E-state index in [1.54, 1.807) is 14.2 Å². The molecule has 0 aromatic carbocycles. The molecule has 5 heteroatoms. The maximum absolute atomic E-state index is 5.95. The molecular formula is C13H28N2O3. The van der Waals surface area contributed by atoms with Crippen molar-refractivity contribution in [1.29, 1.82) is 0 Å². The number of hydrogen-bond acceptors (Lipinski definition) is 5. The van der Waals surface area contributed by atoms with Gasteiger partial charge < -0.3 is 19.9 Å². The van der Waals surface area contributed by atoms with E-state index in [2.05, 4.69) is 11.8 Å². The Kier molecular flexibility index (Phi) is 6.52. The summed E-state index contributed by atoms with van der Waals surface area (Å²) in [6.07, 6.45) is 2.18. The number of ether oxygens (including phenoxy) is 3. The topological polar surface area (TPSA) is 57.0 Å². The van der Waals surface area contributed by atoms with Crippen molar-refractivity contribution in [3.8, 4) is 0 Å². The molecule has 1 fully saturated rings. The van der Waals surface area contributed by atoms with Gasteiger partial charge in [0.05, 0.1) is 11.6 Å². The molecule has 1 heterocycles. The van der Waals surface area contributed by atoms with Crippen LogP contribution in [-0.2, 0) is 14.2 Å². The van der Waals surface area contributed by atoms with Crippen LogP contribution in [0.1, 0.15) is 26.7 Å². The third kappa shape index (κ3) is 3.42. The second-order valence-electron chi connectivity index (χ2n) is 5.01. The van der Waals surface area contributed by atoms with Crippen LogP contribution in [0, 0.1) is 0 Å². The van der Waals surface area contributed by atoms with E-state index in [1.165, 1.54) is 0 Å². The summed E-state index contributed by atoms with van der Waals surface area (Å²) >= 11 is 0. The fraction of sp³-hybridized carbons (Fsp3) is 1.00. The molecular weight excluding hydrogens is 232 g/mol. The molecule has 0 aliphatic carbocycles. The Labute approximate surface area is 111 Å². The predicted octanol–water partition coefficient (Wildman–Crippen LogP) is 0.824. The summed E-state index contributed by atoms with van der Waals surface area (Å²) in [5, 5.41) is 0. The van der Waals surface area contributed by atoms with Gasteiger partial charge in [-0.15, -0.1) is 0 Å². The number of nitrogens with zero attached hydrogens (tertiary/aromatic N) is 1. The normalized spacial score (nSPS) is 22.3. The highest BCUT2D eigenvalue weighted by atomic mass is 16.7. The predicted molar refractivity (Wildman–Crippen MR) is 71.5 cm³/mol. The van der Waals surface area contributed by atoms with E-state index < -0.39 is 0 Å². The number of hydrogen-bond donors (Lipinski definition) is 1. The van der Waals surface area contributed by atoms with E-state index in [1.807, 2.05) is 6.92 Å². The standard InChI is InChI=1S/C13H28N2O3/c1-5-18-11-6-8-15(9-7-11)13(2,10-14)12(16-3)17-4/h11-12H,5-10,14H2,1-4H3. The van der Waals surface area contributed by atoms with Gasteiger partial charge >= 0.3 is 0 Å². The smallest absolute Gasteiger partial charge is 0.176 e. The number of piperidine rings is 1. The highest BCUT2D eigenvalue weighted by molar-refractivity contribution is 4.93. The molecule has 0 saturated carbocycles. The molecule has 1 atom stereocenters. The Morgan fingerprint density at radius 1 is 1.28 bits per heavy atom. The molecule has 1 rings (SSSR count). The molecule has 108 valence electrons. The lowest BCUT2D eigenvalue weighted by atomic mass is 9.94. The maximum atomic E-state index is 5.95. The minimum atomic E-state index is -0.300. The molecule has 0 radical (unpaired) electrons. The summed E-state index contributed by atoms with van der Waals surface area (Å²) in [4.78, 5) is 2.36. The van der Waals surface area contributed by atoms with Crippen LogP contribution in [-0.4, -0.2) is 63.3 Å². The van der Waals surface area contributed by atoms with Gasteiger partial charge in [-0.25, -0.2) is 0 Å². The minimum Gasteiger partial charge on any atom is -0.378 e. The molecule has 1 aliphatic rings. The minimum absolute atomic E-state index is 0.277. The third-order valence-corrected chi connectivity index (χ3v) is 3.92. The van der Waals surface area contributed by atoms with Crippen molar-refractivity contribution < 1.29 is 14.2 Å². The molecule has 0 spiro atoms. The summed E-state index contributed by atoms with van der Waals surface area (Å²) in [5.74, 6) is 0. The molecule has 5 nitrogen and oxygen atoms in total. The SMILES string of the molecule is CCOC1CCN(C(C)(CN)C(OC)OC)CC1. The average molecular weight is 260 g/mol. The third-order valence-electron chi connectivity index (χ3n) is 3.92. The fourth-order valence-electron chi connectivity index (χ4n) is 2.75. The van der Waals surface area contributed by atoms with Gasteiger partial charge in [-0.3, -0.25) is 4.90 Å². The van der Waals surface area contributed by atoms with E-state index in [0.29, 0.717) is 12.6 Å².